The molecule has 1 amide bonds. The number of hydrogen-bond acceptors (Lipinski definition) is 5. The molecule has 4 rings (SSSR count). The zero-order chi connectivity index (χ0) is 18.8. The summed E-state index contributed by atoms with van der Waals surface area (Å²) in [5.41, 5.74) is 4.03. The monoisotopic (exact) mass is 361 g/mol. The number of H-pyrrole nitrogens is 1. The number of fused-ring (bicyclic) bond motifs is 2. The zero-order valence-electron chi connectivity index (χ0n) is 14.4. The van der Waals surface area contributed by atoms with Crippen molar-refractivity contribution >= 4 is 34.0 Å². The molecule has 0 fully saturated rings. The van der Waals surface area contributed by atoms with Crippen LogP contribution in [-0.2, 0) is 0 Å². The van der Waals surface area contributed by atoms with Crippen LogP contribution in [0.4, 0.5) is 0 Å². The quantitative estimate of drug-likeness (QED) is 0.431. The number of methoxy groups -OCH3 is 1. The summed E-state index contributed by atoms with van der Waals surface area (Å²) < 4.78 is 10.6. The lowest BCUT2D eigenvalue weighted by molar-refractivity contribution is 0.0951. The van der Waals surface area contributed by atoms with Crippen molar-refractivity contribution in [2.45, 2.75) is 0 Å². The molecular formula is C20H15N3O4. The summed E-state index contributed by atoms with van der Waals surface area (Å²) in [5, 5.41) is 5.19. The summed E-state index contributed by atoms with van der Waals surface area (Å²) in [4.78, 5) is 27.7. The predicted octanol–water partition coefficient (Wildman–Crippen LogP) is 3.05. The number of hydrogen-bond donors (Lipinski definition) is 2. The summed E-state index contributed by atoms with van der Waals surface area (Å²) in [5.74, 6) is 0.190. The molecule has 2 heterocycles. The molecule has 0 atom stereocenters. The first-order valence-corrected chi connectivity index (χ1v) is 8.16. The second-order valence-electron chi connectivity index (χ2n) is 5.85. The highest BCUT2D eigenvalue weighted by atomic mass is 16.5. The number of rotatable bonds is 4. The van der Waals surface area contributed by atoms with Crippen LogP contribution in [0, 0.1) is 0 Å². The standard InChI is InChI=1S/C20H15N3O4/c1-26-14-6-7-15-18(9-14)27-11-13(19(15)24)10-21-23-20(25)17-8-12-4-2-3-5-16(12)22-17/h2-11,22H,1H3,(H,23,25)/b21-10+. The van der Waals surface area contributed by atoms with Gasteiger partial charge in [0.2, 0.25) is 5.43 Å². The number of amides is 1. The molecule has 0 saturated heterocycles. The topological polar surface area (TPSA) is 96.7 Å². The minimum absolute atomic E-state index is 0.226. The Labute approximate surface area is 153 Å². The summed E-state index contributed by atoms with van der Waals surface area (Å²) in [6, 6.07) is 14.2. The van der Waals surface area contributed by atoms with Gasteiger partial charge in [0.15, 0.2) is 0 Å². The Balaban J connectivity index is 1.54. The highest BCUT2D eigenvalue weighted by molar-refractivity contribution is 5.98. The second-order valence-corrected chi connectivity index (χ2v) is 5.85. The van der Waals surface area contributed by atoms with E-state index in [4.69, 9.17) is 9.15 Å². The third-order valence-electron chi connectivity index (χ3n) is 4.15. The number of benzene rings is 2. The predicted molar refractivity (Wildman–Crippen MR) is 102 cm³/mol. The summed E-state index contributed by atoms with van der Waals surface area (Å²) in [7, 11) is 1.54. The van der Waals surface area contributed by atoms with Gasteiger partial charge >= 0.3 is 0 Å². The van der Waals surface area contributed by atoms with E-state index in [1.54, 1.807) is 24.3 Å². The number of para-hydroxylation sites is 1. The molecule has 0 bridgehead atoms. The van der Waals surface area contributed by atoms with Gasteiger partial charge in [0.05, 0.1) is 24.3 Å². The Morgan fingerprint density at radius 2 is 2.07 bits per heavy atom. The molecule has 4 aromatic rings. The van der Waals surface area contributed by atoms with E-state index >= 15 is 0 Å². The molecule has 0 aliphatic rings. The van der Waals surface area contributed by atoms with Crippen LogP contribution in [0.2, 0.25) is 0 Å². The van der Waals surface area contributed by atoms with Gasteiger partial charge in [-0.3, -0.25) is 9.59 Å². The molecule has 0 aliphatic heterocycles. The fourth-order valence-electron chi connectivity index (χ4n) is 2.76. The lowest BCUT2D eigenvalue weighted by Crippen LogP contribution is -2.19. The summed E-state index contributed by atoms with van der Waals surface area (Å²) in [6.45, 7) is 0. The SMILES string of the molecule is COc1ccc2c(=O)c(/C=N/NC(=O)c3cc4ccccc4[nH]3)coc2c1. The van der Waals surface area contributed by atoms with E-state index in [1.807, 2.05) is 24.3 Å². The summed E-state index contributed by atoms with van der Waals surface area (Å²) in [6.07, 6.45) is 2.55. The lowest BCUT2D eigenvalue weighted by Gasteiger charge is -2.02. The molecule has 27 heavy (non-hydrogen) atoms. The number of ether oxygens (including phenoxy) is 1. The fraction of sp³-hybridized carbons (Fsp3) is 0.0500. The normalized spacial score (nSPS) is 11.3. The van der Waals surface area contributed by atoms with Gasteiger partial charge in [-0.1, -0.05) is 18.2 Å². The first-order valence-electron chi connectivity index (χ1n) is 8.16. The Morgan fingerprint density at radius 1 is 1.22 bits per heavy atom. The van der Waals surface area contributed by atoms with Crippen LogP contribution in [0.3, 0.4) is 0 Å². The average molecular weight is 361 g/mol. The Kier molecular flexibility index (Phi) is 4.18. The van der Waals surface area contributed by atoms with E-state index in [1.165, 1.54) is 19.6 Å². The van der Waals surface area contributed by atoms with E-state index < -0.39 is 5.91 Å². The van der Waals surface area contributed by atoms with Gasteiger partial charge in [0, 0.05) is 17.0 Å². The molecule has 0 unspecified atom stereocenters. The average Bonchev–Trinajstić information content (AvgIpc) is 3.13. The minimum atomic E-state index is -0.405. The highest BCUT2D eigenvalue weighted by Crippen LogP contribution is 2.18. The van der Waals surface area contributed by atoms with E-state index in [-0.39, 0.29) is 11.0 Å². The van der Waals surface area contributed by atoms with Gasteiger partial charge in [0.1, 0.15) is 23.3 Å². The first kappa shape index (κ1) is 16.6. The van der Waals surface area contributed by atoms with Crippen LogP contribution < -0.4 is 15.6 Å². The van der Waals surface area contributed by atoms with Crippen LogP contribution in [-0.4, -0.2) is 24.2 Å². The van der Waals surface area contributed by atoms with Gasteiger partial charge in [-0.2, -0.15) is 5.10 Å². The third kappa shape index (κ3) is 3.18. The van der Waals surface area contributed by atoms with Crippen molar-refractivity contribution in [3.05, 3.63) is 76.3 Å². The van der Waals surface area contributed by atoms with Crippen molar-refractivity contribution in [3.63, 3.8) is 0 Å². The van der Waals surface area contributed by atoms with Crippen molar-refractivity contribution in [1.29, 1.82) is 0 Å². The second kappa shape index (κ2) is 6.80. The van der Waals surface area contributed by atoms with Crippen LogP contribution in [0.1, 0.15) is 16.1 Å². The van der Waals surface area contributed by atoms with Gasteiger partial charge in [-0.05, 0) is 24.3 Å². The van der Waals surface area contributed by atoms with Crippen LogP contribution in [0.25, 0.3) is 21.9 Å². The Bertz CT molecular complexity index is 1200. The zero-order valence-corrected chi connectivity index (χ0v) is 14.4. The molecule has 0 saturated carbocycles. The van der Waals surface area contributed by atoms with E-state index in [2.05, 4.69) is 15.5 Å². The van der Waals surface area contributed by atoms with Crippen LogP contribution in [0.15, 0.2) is 69.1 Å². The van der Waals surface area contributed by atoms with Crippen molar-refractivity contribution in [2.24, 2.45) is 5.10 Å². The minimum Gasteiger partial charge on any atom is -0.497 e. The lowest BCUT2D eigenvalue weighted by atomic mass is 10.2. The number of aromatic nitrogens is 1. The Morgan fingerprint density at radius 3 is 2.89 bits per heavy atom. The van der Waals surface area contributed by atoms with Crippen molar-refractivity contribution in [2.75, 3.05) is 7.11 Å². The van der Waals surface area contributed by atoms with Gasteiger partial charge in [-0.25, -0.2) is 5.43 Å². The van der Waals surface area contributed by atoms with Crippen LogP contribution in [0.5, 0.6) is 5.75 Å². The van der Waals surface area contributed by atoms with Crippen molar-refractivity contribution in [1.82, 2.24) is 10.4 Å². The number of nitrogens with zero attached hydrogens (tertiary/aromatic N) is 1. The highest BCUT2D eigenvalue weighted by Gasteiger charge is 2.09. The van der Waals surface area contributed by atoms with Crippen LogP contribution >= 0.6 is 0 Å². The molecule has 2 aromatic heterocycles. The molecule has 2 aromatic carbocycles. The molecular weight excluding hydrogens is 346 g/mol. The number of carbonyl (C=O) groups excluding carboxylic acids is 1. The van der Waals surface area contributed by atoms with Crippen molar-refractivity contribution < 1.29 is 13.9 Å². The molecule has 0 spiro atoms. The molecule has 2 N–H and O–H groups in total. The number of hydrazone groups is 1. The van der Waals surface area contributed by atoms with Gasteiger partial charge in [0.25, 0.3) is 5.91 Å². The largest absolute Gasteiger partial charge is 0.497 e. The molecule has 134 valence electrons. The first-order chi connectivity index (χ1) is 13.2. The summed E-state index contributed by atoms with van der Waals surface area (Å²) >= 11 is 0. The maximum absolute atomic E-state index is 12.5. The third-order valence-corrected chi connectivity index (χ3v) is 4.15. The maximum Gasteiger partial charge on any atom is 0.287 e. The molecule has 0 radical (unpaired) electrons. The van der Waals surface area contributed by atoms with E-state index in [0.717, 1.165) is 10.9 Å². The van der Waals surface area contributed by atoms with Crippen molar-refractivity contribution in [3.8, 4) is 5.75 Å². The van der Waals surface area contributed by atoms with E-state index in [0.29, 0.717) is 22.4 Å². The van der Waals surface area contributed by atoms with Gasteiger partial charge < -0.3 is 14.1 Å². The maximum atomic E-state index is 12.5. The Hall–Kier alpha value is -3.87. The fourth-order valence-corrected chi connectivity index (χ4v) is 2.76. The molecule has 7 heteroatoms. The number of nitrogens with one attached hydrogen (secondary N) is 2. The van der Waals surface area contributed by atoms with E-state index in [9.17, 15) is 9.59 Å². The molecule has 7 nitrogen and oxygen atoms in total. The van der Waals surface area contributed by atoms with Gasteiger partial charge in [-0.15, -0.1) is 0 Å². The number of carbonyl (C=O) groups is 1. The number of aromatic amines is 1. The molecule has 0 aliphatic carbocycles. The smallest absolute Gasteiger partial charge is 0.287 e.